The zero-order chi connectivity index (χ0) is 21.4. The third-order valence-electron chi connectivity index (χ3n) is 7.20. The van der Waals surface area contributed by atoms with E-state index < -0.39 is 0 Å². The summed E-state index contributed by atoms with van der Waals surface area (Å²) in [4.78, 5) is 33.6. The predicted octanol–water partition coefficient (Wildman–Crippen LogP) is 5.21. The van der Waals surface area contributed by atoms with E-state index in [0.29, 0.717) is 5.13 Å². The van der Waals surface area contributed by atoms with Gasteiger partial charge in [0.15, 0.2) is 5.13 Å². The highest BCUT2D eigenvalue weighted by atomic mass is 32.1. The number of nitrogens with zero attached hydrogens (tertiary/aromatic N) is 2. The van der Waals surface area contributed by atoms with E-state index in [4.69, 9.17) is 4.98 Å². The van der Waals surface area contributed by atoms with Crippen molar-refractivity contribution in [3.8, 4) is 11.3 Å². The Morgan fingerprint density at radius 3 is 1.62 bits per heavy atom. The quantitative estimate of drug-likeness (QED) is 0.407. The second-order valence-electron chi connectivity index (χ2n) is 8.66. The van der Waals surface area contributed by atoms with Crippen molar-refractivity contribution in [2.24, 2.45) is 11.8 Å². The molecule has 1 aromatic heterocycles. The first-order valence-corrected chi connectivity index (χ1v) is 11.7. The Labute approximate surface area is 189 Å². The van der Waals surface area contributed by atoms with Gasteiger partial charge in [-0.1, -0.05) is 78.9 Å². The molecule has 0 N–H and O–H groups in total. The van der Waals surface area contributed by atoms with Crippen LogP contribution in [-0.2, 0) is 9.59 Å². The number of benzene rings is 3. The van der Waals surface area contributed by atoms with Crippen LogP contribution >= 0.6 is 11.3 Å². The lowest BCUT2D eigenvalue weighted by Crippen LogP contribution is -2.41. The van der Waals surface area contributed by atoms with Crippen LogP contribution in [0, 0.1) is 11.8 Å². The standard InChI is InChI=1S/C27H18N2O2S/c30-25-23-21-16-10-4-5-11-17(16)22(19-13-7-6-12-18(19)21)24(23)26(31)29(25)27-28-20(14-32-27)15-8-2-1-3-9-15/h1-14,21-24H/t21?,22?,23-,24?/m0/s1. The normalized spacial score (nSPS) is 24.9. The number of hydrogen-bond donors (Lipinski definition) is 0. The molecule has 32 heavy (non-hydrogen) atoms. The summed E-state index contributed by atoms with van der Waals surface area (Å²) >= 11 is 1.36. The first-order valence-electron chi connectivity index (χ1n) is 10.8. The van der Waals surface area contributed by atoms with Crippen molar-refractivity contribution in [3.63, 3.8) is 0 Å². The third kappa shape index (κ3) is 2.24. The minimum absolute atomic E-state index is 0.0904. The highest BCUT2D eigenvalue weighted by Crippen LogP contribution is 2.61. The van der Waals surface area contributed by atoms with Gasteiger partial charge in [-0.3, -0.25) is 9.59 Å². The van der Waals surface area contributed by atoms with Crippen molar-refractivity contribution in [2.75, 3.05) is 4.90 Å². The van der Waals surface area contributed by atoms with E-state index in [9.17, 15) is 9.59 Å². The SMILES string of the molecule is O=C1C2C3c4ccccc4C(c4ccccc43)[C@@H]2C(=O)N1c1nc(-c2ccccc2)cs1. The summed E-state index contributed by atoms with van der Waals surface area (Å²) in [6.45, 7) is 0. The molecule has 1 aliphatic heterocycles. The summed E-state index contributed by atoms with van der Waals surface area (Å²) in [6, 6.07) is 26.5. The highest BCUT2D eigenvalue weighted by Gasteiger charge is 2.62. The molecule has 0 saturated carbocycles. The number of hydrogen-bond acceptors (Lipinski definition) is 4. The third-order valence-corrected chi connectivity index (χ3v) is 8.03. The first kappa shape index (κ1) is 18.0. The van der Waals surface area contributed by atoms with E-state index in [0.717, 1.165) is 11.3 Å². The van der Waals surface area contributed by atoms with Crippen LogP contribution in [0.3, 0.4) is 0 Å². The predicted molar refractivity (Wildman–Crippen MR) is 124 cm³/mol. The molecule has 2 heterocycles. The van der Waals surface area contributed by atoms with Crippen LogP contribution in [0.1, 0.15) is 34.1 Å². The van der Waals surface area contributed by atoms with Gasteiger partial charge in [0.1, 0.15) is 0 Å². The zero-order valence-corrected chi connectivity index (χ0v) is 17.8. The van der Waals surface area contributed by atoms with Crippen molar-refractivity contribution in [1.29, 1.82) is 0 Å². The molecule has 1 unspecified atom stereocenters. The topological polar surface area (TPSA) is 50.3 Å². The largest absolute Gasteiger partial charge is 0.274 e. The summed E-state index contributed by atoms with van der Waals surface area (Å²) < 4.78 is 0. The van der Waals surface area contributed by atoms with Crippen molar-refractivity contribution >= 4 is 28.3 Å². The van der Waals surface area contributed by atoms with Crippen LogP contribution in [0.25, 0.3) is 11.3 Å². The molecule has 3 aromatic carbocycles. The molecule has 2 amide bonds. The Bertz CT molecular complexity index is 1290. The average Bonchev–Trinajstić information content (AvgIpc) is 3.43. The van der Waals surface area contributed by atoms with Gasteiger partial charge in [-0.2, -0.15) is 0 Å². The van der Waals surface area contributed by atoms with Crippen LogP contribution in [0.2, 0.25) is 0 Å². The summed E-state index contributed by atoms with van der Waals surface area (Å²) in [5, 5.41) is 2.39. The number of amides is 2. The van der Waals surface area contributed by atoms with Crippen molar-refractivity contribution < 1.29 is 9.59 Å². The van der Waals surface area contributed by atoms with Gasteiger partial charge in [0.2, 0.25) is 11.8 Å². The van der Waals surface area contributed by atoms with Gasteiger partial charge in [-0.15, -0.1) is 11.3 Å². The molecule has 1 fully saturated rings. The number of aromatic nitrogens is 1. The molecule has 4 aliphatic rings. The molecule has 3 aliphatic carbocycles. The average molecular weight is 435 g/mol. The van der Waals surface area contributed by atoms with Gasteiger partial charge < -0.3 is 0 Å². The summed E-state index contributed by atoms with van der Waals surface area (Å²) in [6.07, 6.45) is 0. The lowest BCUT2D eigenvalue weighted by molar-refractivity contribution is -0.122. The van der Waals surface area contributed by atoms with Crippen LogP contribution in [-0.4, -0.2) is 16.8 Å². The van der Waals surface area contributed by atoms with Crippen LogP contribution in [0.5, 0.6) is 0 Å². The molecule has 2 bridgehead atoms. The van der Waals surface area contributed by atoms with E-state index in [2.05, 4.69) is 24.3 Å². The molecule has 154 valence electrons. The number of carbonyl (C=O) groups is 2. The first-order chi connectivity index (χ1) is 15.7. The lowest BCUT2D eigenvalue weighted by atomic mass is 9.55. The highest BCUT2D eigenvalue weighted by molar-refractivity contribution is 7.14. The Hall–Kier alpha value is -3.57. The second-order valence-corrected chi connectivity index (χ2v) is 9.49. The van der Waals surface area contributed by atoms with Gasteiger partial charge >= 0.3 is 0 Å². The Balaban J connectivity index is 1.36. The smallest absolute Gasteiger partial charge is 0.240 e. The van der Waals surface area contributed by atoms with E-state index in [1.807, 2.05) is 60.0 Å². The molecule has 0 radical (unpaired) electrons. The van der Waals surface area contributed by atoms with E-state index in [1.165, 1.54) is 38.5 Å². The minimum Gasteiger partial charge on any atom is -0.274 e. The molecule has 5 heteroatoms. The molecular weight excluding hydrogens is 416 g/mol. The van der Waals surface area contributed by atoms with Gasteiger partial charge in [0, 0.05) is 22.8 Å². The molecule has 1 saturated heterocycles. The Morgan fingerprint density at radius 2 is 1.12 bits per heavy atom. The van der Waals surface area contributed by atoms with Crippen LogP contribution < -0.4 is 4.90 Å². The summed E-state index contributed by atoms with van der Waals surface area (Å²) in [5.74, 6) is -1.16. The molecule has 0 spiro atoms. The monoisotopic (exact) mass is 434 g/mol. The number of anilines is 1. The van der Waals surface area contributed by atoms with Crippen molar-refractivity contribution in [1.82, 2.24) is 4.98 Å². The van der Waals surface area contributed by atoms with Crippen LogP contribution in [0.15, 0.2) is 84.2 Å². The number of imide groups is 1. The number of thiazole rings is 1. The van der Waals surface area contributed by atoms with Gasteiger partial charge in [-0.25, -0.2) is 9.88 Å². The molecule has 8 rings (SSSR count). The fourth-order valence-corrected chi connectivity index (χ4v) is 6.82. The van der Waals surface area contributed by atoms with Gasteiger partial charge in [-0.05, 0) is 22.3 Å². The number of rotatable bonds is 2. The van der Waals surface area contributed by atoms with Gasteiger partial charge in [0.05, 0.1) is 17.5 Å². The molecule has 4 nitrogen and oxygen atoms in total. The Morgan fingerprint density at radius 1 is 0.656 bits per heavy atom. The second kappa shape index (κ2) is 6.47. The van der Waals surface area contributed by atoms with E-state index in [-0.39, 0.29) is 35.5 Å². The summed E-state index contributed by atoms with van der Waals surface area (Å²) in [7, 11) is 0. The Kier molecular flexibility index (Phi) is 3.65. The molecule has 4 aromatic rings. The van der Waals surface area contributed by atoms with Crippen LogP contribution in [0.4, 0.5) is 5.13 Å². The maximum absolute atomic E-state index is 13.8. The van der Waals surface area contributed by atoms with Crippen molar-refractivity contribution in [3.05, 3.63) is 106 Å². The van der Waals surface area contributed by atoms with E-state index in [1.54, 1.807) is 0 Å². The van der Waals surface area contributed by atoms with E-state index >= 15 is 0 Å². The fraction of sp³-hybridized carbons (Fsp3) is 0.148. The molecular formula is C27H18N2O2S. The molecule has 2 atom stereocenters. The maximum atomic E-state index is 13.8. The zero-order valence-electron chi connectivity index (χ0n) is 17.0. The maximum Gasteiger partial charge on any atom is 0.240 e. The lowest BCUT2D eigenvalue weighted by Gasteiger charge is -2.45. The fourth-order valence-electron chi connectivity index (χ4n) is 5.97. The minimum atomic E-state index is -0.374. The summed E-state index contributed by atoms with van der Waals surface area (Å²) in [5.41, 5.74) is 6.50. The number of carbonyl (C=O) groups excluding carboxylic acids is 2. The van der Waals surface area contributed by atoms with Crippen molar-refractivity contribution in [2.45, 2.75) is 11.8 Å². The van der Waals surface area contributed by atoms with Gasteiger partial charge in [0.25, 0.3) is 0 Å².